The third-order valence-corrected chi connectivity index (χ3v) is 3.91. The summed E-state index contributed by atoms with van der Waals surface area (Å²) in [5, 5.41) is 6.28. The first-order valence-electron chi connectivity index (χ1n) is 7.61. The SMILES string of the molecule is Cc1cccc(C2CC(NCC(=O)NCC(C)C)C2)c1. The van der Waals surface area contributed by atoms with Crippen molar-refractivity contribution in [2.45, 2.75) is 45.6 Å². The summed E-state index contributed by atoms with van der Waals surface area (Å²) in [6, 6.07) is 9.24. The Morgan fingerprint density at radius 2 is 2.10 bits per heavy atom. The molecule has 0 saturated heterocycles. The monoisotopic (exact) mass is 274 g/mol. The molecule has 0 radical (unpaired) electrons. The van der Waals surface area contributed by atoms with E-state index in [4.69, 9.17) is 0 Å². The Kier molecular flexibility index (Phi) is 5.18. The van der Waals surface area contributed by atoms with Crippen LogP contribution in [0.2, 0.25) is 0 Å². The van der Waals surface area contributed by atoms with Gasteiger partial charge < -0.3 is 10.6 Å². The summed E-state index contributed by atoms with van der Waals surface area (Å²) in [4.78, 5) is 11.6. The van der Waals surface area contributed by atoms with E-state index >= 15 is 0 Å². The number of carbonyl (C=O) groups is 1. The summed E-state index contributed by atoms with van der Waals surface area (Å²) < 4.78 is 0. The van der Waals surface area contributed by atoms with Crippen molar-refractivity contribution in [1.29, 1.82) is 0 Å². The number of hydrogen-bond acceptors (Lipinski definition) is 2. The predicted molar refractivity (Wildman–Crippen MR) is 82.8 cm³/mol. The zero-order chi connectivity index (χ0) is 14.5. The lowest BCUT2D eigenvalue weighted by molar-refractivity contribution is -0.120. The highest BCUT2D eigenvalue weighted by Crippen LogP contribution is 2.36. The minimum absolute atomic E-state index is 0.109. The maximum Gasteiger partial charge on any atom is 0.233 e. The molecule has 0 heterocycles. The Bertz CT molecular complexity index is 450. The molecule has 110 valence electrons. The van der Waals surface area contributed by atoms with E-state index in [2.05, 4.69) is 55.7 Å². The average Bonchev–Trinajstić information content (AvgIpc) is 2.34. The van der Waals surface area contributed by atoms with Gasteiger partial charge in [0.1, 0.15) is 0 Å². The summed E-state index contributed by atoms with van der Waals surface area (Å²) in [5.41, 5.74) is 2.76. The fourth-order valence-electron chi connectivity index (χ4n) is 2.60. The largest absolute Gasteiger partial charge is 0.355 e. The molecule has 0 bridgehead atoms. The van der Waals surface area contributed by atoms with Crippen molar-refractivity contribution in [3.05, 3.63) is 35.4 Å². The van der Waals surface area contributed by atoms with Gasteiger partial charge in [-0.2, -0.15) is 0 Å². The van der Waals surface area contributed by atoms with Crippen molar-refractivity contribution in [1.82, 2.24) is 10.6 Å². The van der Waals surface area contributed by atoms with E-state index in [-0.39, 0.29) is 5.91 Å². The van der Waals surface area contributed by atoms with Gasteiger partial charge in [-0.1, -0.05) is 43.7 Å². The molecule has 1 aliphatic carbocycles. The second-order valence-electron chi connectivity index (χ2n) is 6.36. The normalized spacial score (nSPS) is 21.6. The minimum atomic E-state index is 0.109. The Morgan fingerprint density at radius 3 is 2.75 bits per heavy atom. The summed E-state index contributed by atoms with van der Waals surface area (Å²) >= 11 is 0. The van der Waals surface area contributed by atoms with Crippen molar-refractivity contribution < 1.29 is 4.79 Å². The van der Waals surface area contributed by atoms with Gasteiger partial charge in [0, 0.05) is 12.6 Å². The molecule has 3 heteroatoms. The molecule has 1 aromatic carbocycles. The third-order valence-electron chi connectivity index (χ3n) is 3.91. The van der Waals surface area contributed by atoms with Crippen LogP contribution in [0.5, 0.6) is 0 Å². The molecule has 3 nitrogen and oxygen atoms in total. The second-order valence-corrected chi connectivity index (χ2v) is 6.36. The number of carbonyl (C=O) groups excluding carboxylic acids is 1. The fourth-order valence-corrected chi connectivity index (χ4v) is 2.60. The summed E-state index contributed by atoms with van der Waals surface area (Å²) in [6.07, 6.45) is 2.28. The van der Waals surface area contributed by atoms with E-state index in [0.717, 1.165) is 19.4 Å². The zero-order valence-corrected chi connectivity index (χ0v) is 12.8. The van der Waals surface area contributed by atoms with Crippen LogP contribution in [0.15, 0.2) is 24.3 Å². The number of rotatable bonds is 6. The maximum absolute atomic E-state index is 11.6. The second kappa shape index (κ2) is 6.89. The van der Waals surface area contributed by atoms with Gasteiger partial charge in [0.25, 0.3) is 0 Å². The fraction of sp³-hybridized carbons (Fsp3) is 0.588. The molecule has 2 rings (SSSR count). The van der Waals surface area contributed by atoms with E-state index in [9.17, 15) is 4.79 Å². The number of nitrogens with one attached hydrogen (secondary N) is 2. The van der Waals surface area contributed by atoms with Gasteiger partial charge in [0.2, 0.25) is 5.91 Å². The lowest BCUT2D eigenvalue weighted by atomic mass is 9.75. The Hall–Kier alpha value is -1.35. The number of benzene rings is 1. The zero-order valence-electron chi connectivity index (χ0n) is 12.8. The van der Waals surface area contributed by atoms with Gasteiger partial charge in [0.15, 0.2) is 0 Å². The van der Waals surface area contributed by atoms with Crippen LogP contribution in [0.25, 0.3) is 0 Å². The highest BCUT2D eigenvalue weighted by Gasteiger charge is 2.30. The Morgan fingerprint density at radius 1 is 1.35 bits per heavy atom. The van der Waals surface area contributed by atoms with Crippen molar-refractivity contribution in [3.63, 3.8) is 0 Å². The smallest absolute Gasteiger partial charge is 0.233 e. The Labute approximate surface area is 122 Å². The highest BCUT2D eigenvalue weighted by atomic mass is 16.1. The van der Waals surface area contributed by atoms with Crippen LogP contribution in [0, 0.1) is 12.8 Å². The molecule has 2 N–H and O–H groups in total. The number of hydrogen-bond donors (Lipinski definition) is 2. The molecule has 0 unspecified atom stereocenters. The van der Waals surface area contributed by atoms with E-state index in [1.165, 1.54) is 11.1 Å². The van der Waals surface area contributed by atoms with Crippen LogP contribution in [-0.4, -0.2) is 25.0 Å². The standard InChI is InChI=1S/C17H26N2O/c1-12(2)10-19-17(20)11-18-16-8-15(9-16)14-6-4-5-13(3)7-14/h4-7,12,15-16,18H,8-11H2,1-3H3,(H,19,20). The molecule has 0 aromatic heterocycles. The first kappa shape index (κ1) is 15.0. The van der Waals surface area contributed by atoms with Crippen LogP contribution in [0.1, 0.15) is 43.7 Å². The average molecular weight is 274 g/mol. The lowest BCUT2D eigenvalue weighted by Gasteiger charge is -2.36. The summed E-state index contributed by atoms with van der Waals surface area (Å²) in [7, 11) is 0. The molecule has 0 atom stereocenters. The molecular formula is C17H26N2O. The predicted octanol–water partition coefficient (Wildman–Crippen LogP) is 2.60. The third kappa shape index (κ3) is 4.34. The van der Waals surface area contributed by atoms with Crippen LogP contribution in [-0.2, 0) is 4.79 Å². The van der Waals surface area contributed by atoms with E-state index in [1.54, 1.807) is 0 Å². The van der Waals surface area contributed by atoms with Crippen molar-refractivity contribution in [2.75, 3.05) is 13.1 Å². The first-order valence-corrected chi connectivity index (χ1v) is 7.61. The van der Waals surface area contributed by atoms with E-state index in [1.807, 2.05) is 0 Å². The molecule has 1 amide bonds. The molecule has 1 aliphatic rings. The van der Waals surface area contributed by atoms with Crippen LogP contribution < -0.4 is 10.6 Å². The van der Waals surface area contributed by atoms with Crippen LogP contribution in [0.4, 0.5) is 0 Å². The number of amides is 1. The lowest BCUT2D eigenvalue weighted by Crippen LogP contribution is -2.45. The van der Waals surface area contributed by atoms with Gasteiger partial charge in [-0.25, -0.2) is 0 Å². The van der Waals surface area contributed by atoms with Crippen molar-refractivity contribution in [3.8, 4) is 0 Å². The number of aryl methyl sites for hydroxylation is 1. The van der Waals surface area contributed by atoms with Crippen LogP contribution >= 0.6 is 0 Å². The van der Waals surface area contributed by atoms with Gasteiger partial charge >= 0.3 is 0 Å². The minimum Gasteiger partial charge on any atom is -0.355 e. The molecule has 1 saturated carbocycles. The first-order chi connectivity index (χ1) is 9.54. The highest BCUT2D eigenvalue weighted by molar-refractivity contribution is 5.78. The van der Waals surface area contributed by atoms with Gasteiger partial charge in [-0.05, 0) is 37.2 Å². The Balaban J connectivity index is 1.66. The van der Waals surface area contributed by atoms with Gasteiger partial charge in [-0.15, -0.1) is 0 Å². The summed E-state index contributed by atoms with van der Waals surface area (Å²) in [6.45, 7) is 7.55. The van der Waals surface area contributed by atoms with E-state index in [0.29, 0.717) is 24.4 Å². The maximum atomic E-state index is 11.6. The molecule has 1 fully saturated rings. The molecular weight excluding hydrogens is 248 g/mol. The molecule has 1 aromatic rings. The topological polar surface area (TPSA) is 41.1 Å². The van der Waals surface area contributed by atoms with Gasteiger partial charge in [-0.3, -0.25) is 4.79 Å². The summed E-state index contributed by atoms with van der Waals surface area (Å²) in [5.74, 6) is 1.28. The molecule has 0 spiro atoms. The van der Waals surface area contributed by atoms with Gasteiger partial charge in [0.05, 0.1) is 6.54 Å². The quantitative estimate of drug-likeness (QED) is 0.837. The van der Waals surface area contributed by atoms with Crippen molar-refractivity contribution in [2.24, 2.45) is 5.92 Å². The van der Waals surface area contributed by atoms with Crippen LogP contribution in [0.3, 0.4) is 0 Å². The van der Waals surface area contributed by atoms with E-state index < -0.39 is 0 Å². The molecule has 20 heavy (non-hydrogen) atoms. The van der Waals surface area contributed by atoms with Crippen molar-refractivity contribution >= 4 is 5.91 Å². The molecule has 0 aliphatic heterocycles.